The standard InChI is InChI=1S/C9H6ClNO4S2/c10-5-1-3-6(4-2-5)17(14,15)8-7(12)11-9(13)16-8/h1-4,8H,(H,11,12,13). The topological polar surface area (TPSA) is 80.3 Å². The van der Waals surface area contributed by atoms with E-state index in [1.54, 1.807) is 0 Å². The first-order valence-electron chi connectivity index (χ1n) is 4.42. The highest BCUT2D eigenvalue weighted by atomic mass is 35.5. The lowest BCUT2D eigenvalue weighted by molar-refractivity contribution is -0.117. The van der Waals surface area contributed by atoms with Crippen molar-refractivity contribution in [1.82, 2.24) is 5.32 Å². The first-order chi connectivity index (χ1) is 7.91. The Morgan fingerprint density at radius 3 is 2.24 bits per heavy atom. The summed E-state index contributed by atoms with van der Waals surface area (Å²) in [5, 5.41) is 1.67. The van der Waals surface area contributed by atoms with Crippen LogP contribution >= 0.6 is 23.4 Å². The molecule has 1 aromatic rings. The van der Waals surface area contributed by atoms with Crippen molar-refractivity contribution in [3.05, 3.63) is 29.3 Å². The van der Waals surface area contributed by atoms with Crippen LogP contribution in [0.2, 0.25) is 5.02 Å². The number of thioether (sulfide) groups is 1. The molecule has 90 valence electrons. The summed E-state index contributed by atoms with van der Waals surface area (Å²) in [5.41, 5.74) is 0. The molecule has 1 aliphatic heterocycles. The number of nitrogens with one attached hydrogen (secondary N) is 1. The van der Waals surface area contributed by atoms with Crippen LogP contribution in [0.4, 0.5) is 4.79 Å². The maximum absolute atomic E-state index is 12.0. The lowest BCUT2D eigenvalue weighted by Gasteiger charge is -2.07. The summed E-state index contributed by atoms with van der Waals surface area (Å²) in [6.45, 7) is 0. The number of benzene rings is 1. The monoisotopic (exact) mass is 291 g/mol. The minimum absolute atomic E-state index is 0.0377. The van der Waals surface area contributed by atoms with Gasteiger partial charge in [-0.3, -0.25) is 14.9 Å². The predicted octanol–water partition coefficient (Wildman–Crippen LogP) is 1.42. The first-order valence-corrected chi connectivity index (χ1v) is 7.22. The van der Waals surface area contributed by atoms with E-state index in [0.29, 0.717) is 16.8 Å². The van der Waals surface area contributed by atoms with Gasteiger partial charge in [-0.15, -0.1) is 0 Å². The molecule has 0 aromatic heterocycles. The molecule has 0 saturated carbocycles. The maximum Gasteiger partial charge on any atom is 0.287 e. The summed E-state index contributed by atoms with van der Waals surface area (Å²) in [7, 11) is -3.87. The zero-order valence-corrected chi connectivity index (χ0v) is 10.6. The molecule has 0 radical (unpaired) electrons. The zero-order chi connectivity index (χ0) is 12.6. The molecule has 1 N–H and O–H groups in total. The van der Waals surface area contributed by atoms with Crippen LogP contribution in [0.15, 0.2) is 29.2 Å². The average molecular weight is 292 g/mol. The second-order valence-electron chi connectivity index (χ2n) is 3.23. The van der Waals surface area contributed by atoms with Gasteiger partial charge >= 0.3 is 0 Å². The molecular weight excluding hydrogens is 286 g/mol. The third kappa shape index (κ3) is 2.31. The Kier molecular flexibility index (Phi) is 3.15. The van der Waals surface area contributed by atoms with Gasteiger partial charge in [-0.2, -0.15) is 0 Å². The molecule has 8 heteroatoms. The highest BCUT2D eigenvalue weighted by Crippen LogP contribution is 2.29. The van der Waals surface area contributed by atoms with Crippen LogP contribution in [-0.2, 0) is 14.6 Å². The van der Waals surface area contributed by atoms with E-state index in [1.165, 1.54) is 24.3 Å². The Morgan fingerprint density at radius 2 is 1.76 bits per heavy atom. The normalized spacial score (nSPS) is 20.4. The molecule has 2 rings (SSSR count). The fourth-order valence-corrected chi connectivity index (χ4v) is 4.14. The van der Waals surface area contributed by atoms with Gasteiger partial charge < -0.3 is 0 Å². The van der Waals surface area contributed by atoms with E-state index in [2.05, 4.69) is 0 Å². The summed E-state index contributed by atoms with van der Waals surface area (Å²) < 4.78 is 22.6. The van der Waals surface area contributed by atoms with E-state index >= 15 is 0 Å². The Hall–Kier alpha value is -1.05. The van der Waals surface area contributed by atoms with E-state index < -0.39 is 25.6 Å². The van der Waals surface area contributed by atoms with Crippen molar-refractivity contribution in [2.75, 3.05) is 0 Å². The Morgan fingerprint density at radius 1 is 1.18 bits per heavy atom. The number of halogens is 1. The molecule has 1 heterocycles. The third-order valence-electron chi connectivity index (χ3n) is 2.08. The fraction of sp³-hybridized carbons (Fsp3) is 0.111. The largest absolute Gasteiger partial charge is 0.287 e. The molecule has 5 nitrogen and oxygen atoms in total. The van der Waals surface area contributed by atoms with Gasteiger partial charge in [0.25, 0.3) is 11.1 Å². The number of imide groups is 1. The van der Waals surface area contributed by atoms with Crippen molar-refractivity contribution >= 4 is 44.3 Å². The molecule has 0 bridgehead atoms. The van der Waals surface area contributed by atoms with E-state index in [0.717, 1.165) is 0 Å². The molecule has 1 fully saturated rings. The van der Waals surface area contributed by atoms with Crippen molar-refractivity contribution in [3.63, 3.8) is 0 Å². The molecule has 0 spiro atoms. The van der Waals surface area contributed by atoms with Crippen molar-refractivity contribution in [2.45, 2.75) is 9.48 Å². The van der Waals surface area contributed by atoms with Crippen LogP contribution in [-0.4, -0.2) is 24.1 Å². The Bertz CT molecular complexity index is 582. The van der Waals surface area contributed by atoms with Crippen LogP contribution < -0.4 is 5.32 Å². The average Bonchev–Trinajstić information content (AvgIpc) is 2.59. The van der Waals surface area contributed by atoms with E-state index in [9.17, 15) is 18.0 Å². The maximum atomic E-state index is 12.0. The van der Waals surface area contributed by atoms with Gasteiger partial charge in [-0.1, -0.05) is 11.6 Å². The second kappa shape index (κ2) is 4.32. The minimum Gasteiger partial charge on any atom is -0.285 e. The van der Waals surface area contributed by atoms with E-state index in [-0.39, 0.29) is 4.90 Å². The highest BCUT2D eigenvalue weighted by Gasteiger charge is 2.42. The number of hydrogen-bond acceptors (Lipinski definition) is 5. The second-order valence-corrected chi connectivity index (χ2v) is 7.07. The number of rotatable bonds is 2. The fourth-order valence-electron chi connectivity index (χ4n) is 1.29. The van der Waals surface area contributed by atoms with Gasteiger partial charge in [0.1, 0.15) is 0 Å². The molecule has 17 heavy (non-hydrogen) atoms. The smallest absolute Gasteiger partial charge is 0.285 e. The summed E-state index contributed by atoms with van der Waals surface area (Å²) in [6.07, 6.45) is 0. The molecule has 1 saturated heterocycles. The van der Waals surface area contributed by atoms with Crippen molar-refractivity contribution < 1.29 is 18.0 Å². The Balaban J connectivity index is 2.40. The quantitative estimate of drug-likeness (QED) is 0.891. The van der Waals surface area contributed by atoms with E-state index in [1.807, 2.05) is 5.32 Å². The Labute approximate surface area is 106 Å². The molecule has 0 aliphatic carbocycles. The van der Waals surface area contributed by atoms with Crippen LogP contribution in [0.25, 0.3) is 0 Å². The lowest BCUT2D eigenvalue weighted by Crippen LogP contribution is -2.30. The van der Waals surface area contributed by atoms with Gasteiger partial charge in [-0.05, 0) is 36.0 Å². The molecule has 1 aliphatic rings. The summed E-state index contributed by atoms with van der Waals surface area (Å²) in [5.74, 6) is -0.810. The molecule has 1 unspecified atom stereocenters. The van der Waals surface area contributed by atoms with Gasteiger partial charge in [-0.25, -0.2) is 8.42 Å². The van der Waals surface area contributed by atoms with Gasteiger partial charge in [0.15, 0.2) is 14.4 Å². The van der Waals surface area contributed by atoms with Crippen molar-refractivity contribution in [3.8, 4) is 0 Å². The summed E-state index contributed by atoms with van der Waals surface area (Å²) in [4.78, 5) is 22.2. The minimum atomic E-state index is -3.87. The molecular formula is C9H6ClNO4S2. The van der Waals surface area contributed by atoms with Crippen LogP contribution in [0.1, 0.15) is 0 Å². The number of amides is 2. The zero-order valence-electron chi connectivity index (χ0n) is 8.21. The molecule has 1 aromatic carbocycles. The number of carbonyl (C=O) groups excluding carboxylic acids is 2. The van der Waals surface area contributed by atoms with Crippen LogP contribution in [0.3, 0.4) is 0 Å². The number of hydrogen-bond donors (Lipinski definition) is 1. The SMILES string of the molecule is O=C1NC(=O)C(S(=O)(=O)c2ccc(Cl)cc2)S1. The van der Waals surface area contributed by atoms with E-state index in [4.69, 9.17) is 11.6 Å². The van der Waals surface area contributed by atoms with Gasteiger partial charge in [0.05, 0.1) is 4.90 Å². The summed E-state index contributed by atoms with van der Waals surface area (Å²) in [6, 6.07) is 5.42. The van der Waals surface area contributed by atoms with Crippen LogP contribution in [0.5, 0.6) is 0 Å². The number of sulfone groups is 1. The molecule has 1 atom stereocenters. The molecule has 2 amide bonds. The lowest BCUT2D eigenvalue weighted by atomic mass is 10.4. The highest BCUT2D eigenvalue weighted by molar-refractivity contribution is 8.24. The van der Waals surface area contributed by atoms with Gasteiger partial charge in [0, 0.05) is 5.02 Å². The first kappa shape index (κ1) is 12.4. The van der Waals surface area contributed by atoms with Gasteiger partial charge in [0.2, 0.25) is 0 Å². The summed E-state index contributed by atoms with van der Waals surface area (Å²) >= 11 is 6.10. The third-order valence-corrected chi connectivity index (χ3v) is 5.83. The van der Waals surface area contributed by atoms with Crippen molar-refractivity contribution in [2.24, 2.45) is 0 Å². The van der Waals surface area contributed by atoms with Crippen LogP contribution in [0, 0.1) is 0 Å². The predicted molar refractivity (Wildman–Crippen MR) is 63.6 cm³/mol. The number of carbonyl (C=O) groups is 2. The van der Waals surface area contributed by atoms with Crippen molar-refractivity contribution in [1.29, 1.82) is 0 Å².